The average Bonchev–Trinajstić information content (AvgIpc) is 2.00. The number of hydrogen-bond acceptors (Lipinski definition) is 3. The fourth-order valence-electron chi connectivity index (χ4n) is 1.10. The molecular weight excluding hydrogens is 154 g/mol. The van der Waals surface area contributed by atoms with E-state index in [1.807, 2.05) is 0 Å². The molecule has 0 atom stereocenters. The summed E-state index contributed by atoms with van der Waals surface area (Å²) < 4.78 is 0. The average molecular weight is 165 g/mol. The minimum absolute atomic E-state index is 0.00250. The molecule has 64 valence electrons. The molecule has 3 N–H and O–H groups in total. The van der Waals surface area contributed by atoms with Crippen LogP contribution in [0.3, 0.4) is 0 Å². The number of nitrogens with two attached hydrogens (primary N) is 1. The van der Waals surface area contributed by atoms with Crippen molar-refractivity contribution >= 4 is 11.5 Å². The molecule has 1 rings (SSSR count). The van der Waals surface area contributed by atoms with Crippen molar-refractivity contribution in [1.82, 2.24) is 0 Å². The summed E-state index contributed by atoms with van der Waals surface area (Å²) in [5.41, 5.74) is 6.79. The van der Waals surface area contributed by atoms with Crippen LogP contribution in [0, 0.1) is 6.92 Å². The molecule has 0 aromatic heterocycles. The number of phenolic OH excluding ortho intramolecular Hbond substituents is 1. The molecule has 0 saturated heterocycles. The standard InChI is InChI=1S/C9H11NO2/c1-5-7(6(2)11)3-4-8(10)9(5)12/h3-4,12H,10H2,1-2H3. The van der Waals surface area contributed by atoms with E-state index in [-0.39, 0.29) is 11.5 Å². The minimum atomic E-state index is -0.0669. The highest BCUT2D eigenvalue weighted by atomic mass is 16.3. The van der Waals surface area contributed by atoms with Crippen molar-refractivity contribution in [2.24, 2.45) is 0 Å². The molecule has 0 aliphatic rings. The number of rotatable bonds is 1. The van der Waals surface area contributed by atoms with Crippen LogP contribution < -0.4 is 5.73 Å². The van der Waals surface area contributed by atoms with Gasteiger partial charge in [0.25, 0.3) is 0 Å². The molecular formula is C9H11NO2. The van der Waals surface area contributed by atoms with Crippen molar-refractivity contribution in [1.29, 1.82) is 0 Å². The van der Waals surface area contributed by atoms with Crippen molar-refractivity contribution in [3.63, 3.8) is 0 Å². The molecule has 0 aliphatic carbocycles. The van der Waals surface area contributed by atoms with E-state index in [0.29, 0.717) is 16.8 Å². The molecule has 0 unspecified atom stereocenters. The van der Waals surface area contributed by atoms with Crippen LogP contribution in [-0.2, 0) is 0 Å². The highest BCUT2D eigenvalue weighted by Gasteiger charge is 2.09. The molecule has 1 aromatic rings. The lowest BCUT2D eigenvalue weighted by molar-refractivity contribution is 0.101. The summed E-state index contributed by atoms with van der Waals surface area (Å²) in [6.45, 7) is 3.13. The maximum atomic E-state index is 11.0. The Hall–Kier alpha value is -1.51. The van der Waals surface area contributed by atoms with Gasteiger partial charge in [-0.15, -0.1) is 0 Å². The van der Waals surface area contributed by atoms with Gasteiger partial charge in [-0.3, -0.25) is 4.79 Å². The monoisotopic (exact) mass is 165 g/mol. The maximum Gasteiger partial charge on any atom is 0.160 e. The van der Waals surface area contributed by atoms with Crippen LogP contribution in [0.15, 0.2) is 12.1 Å². The Morgan fingerprint density at radius 3 is 2.58 bits per heavy atom. The highest BCUT2D eigenvalue weighted by molar-refractivity contribution is 5.96. The first-order valence-corrected chi connectivity index (χ1v) is 3.63. The lowest BCUT2D eigenvalue weighted by atomic mass is 10.0. The Bertz CT molecular complexity index is 332. The number of benzene rings is 1. The van der Waals surface area contributed by atoms with Crippen LogP contribution >= 0.6 is 0 Å². The van der Waals surface area contributed by atoms with E-state index < -0.39 is 0 Å². The molecule has 3 heteroatoms. The van der Waals surface area contributed by atoms with E-state index in [9.17, 15) is 9.90 Å². The summed E-state index contributed by atoms with van der Waals surface area (Å²) in [7, 11) is 0. The lowest BCUT2D eigenvalue weighted by Crippen LogP contribution is -1.98. The van der Waals surface area contributed by atoms with Gasteiger partial charge in [-0.05, 0) is 26.0 Å². The van der Waals surface area contributed by atoms with Gasteiger partial charge in [0, 0.05) is 11.1 Å². The third-order valence-electron chi connectivity index (χ3n) is 1.84. The van der Waals surface area contributed by atoms with Gasteiger partial charge < -0.3 is 10.8 Å². The second kappa shape index (κ2) is 2.85. The van der Waals surface area contributed by atoms with E-state index in [1.54, 1.807) is 13.0 Å². The summed E-state index contributed by atoms with van der Waals surface area (Å²) in [4.78, 5) is 11.0. The van der Waals surface area contributed by atoms with Crippen molar-refractivity contribution in [3.05, 3.63) is 23.3 Å². The second-order valence-electron chi connectivity index (χ2n) is 2.73. The first-order chi connectivity index (χ1) is 5.54. The summed E-state index contributed by atoms with van der Waals surface area (Å²) in [5.74, 6) is -0.0644. The molecule has 0 radical (unpaired) electrons. The SMILES string of the molecule is CC(=O)c1ccc(N)c(O)c1C. The van der Waals surface area contributed by atoms with E-state index in [1.165, 1.54) is 13.0 Å². The number of hydrogen-bond donors (Lipinski definition) is 2. The van der Waals surface area contributed by atoms with E-state index in [0.717, 1.165) is 0 Å². The number of aromatic hydroxyl groups is 1. The first-order valence-electron chi connectivity index (χ1n) is 3.63. The van der Waals surface area contributed by atoms with E-state index in [4.69, 9.17) is 5.73 Å². The van der Waals surface area contributed by atoms with Crippen LogP contribution in [0.2, 0.25) is 0 Å². The largest absolute Gasteiger partial charge is 0.505 e. The van der Waals surface area contributed by atoms with Crippen LogP contribution in [0.5, 0.6) is 5.75 Å². The zero-order chi connectivity index (χ0) is 9.30. The number of ketones is 1. The number of carbonyl (C=O) groups excluding carboxylic acids is 1. The third-order valence-corrected chi connectivity index (χ3v) is 1.84. The van der Waals surface area contributed by atoms with Crippen LogP contribution in [0.4, 0.5) is 5.69 Å². The third kappa shape index (κ3) is 1.25. The van der Waals surface area contributed by atoms with Crippen LogP contribution in [0.1, 0.15) is 22.8 Å². The van der Waals surface area contributed by atoms with Gasteiger partial charge >= 0.3 is 0 Å². The van der Waals surface area contributed by atoms with Gasteiger partial charge in [-0.1, -0.05) is 0 Å². The summed E-state index contributed by atoms with van der Waals surface area (Å²) in [6.07, 6.45) is 0. The summed E-state index contributed by atoms with van der Waals surface area (Å²) in [6, 6.07) is 3.14. The molecule has 0 bridgehead atoms. The Labute approximate surface area is 70.8 Å². The Kier molecular flexibility index (Phi) is 2.04. The number of Topliss-reactive ketones (excluding diaryl/α,β-unsaturated/α-hetero) is 1. The van der Waals surface area contributed by atoms with Crippen LogP contribution in [-0.4, -0.2) is 10.9 Å². The zero-order valence-corrected chi connectivity index (χ0v) is 7.09. The molecule has 0 aliphatic heterocycles. The summed E-state index contributed by atoms with van der Waals surface area (Å²) >= 11 is 0. The molecule has 3 nitrogen and oxygen atoms in total. The van der Waals surface area contributed by atoms with Gasteiger partial charge in [0.15, 0.2) is 5.78 Å². The molecule has 0 fully saturated rings. The van der Waals surface area contributed by atoms with Gasteiger partial charge in [-0.2, -0.15) is 0 Å². The van der Waals surface area contributed by atoms with Crippen molar-refractivity contribution in [2.45, 2.75) is 13.8 Å². The molecule has 1 aromatic carbocycles. The topological polar surface area (TPSA) is 63.3 Å². The Morgan fingerprint density at radius 1 is 1.50 bits per heavy atom. The smallest absolute Gasteiger partial charge is 0.160 e. The zero-order valence-electron chi connectivity index (χ0n) is 7.09. The predicted octanol–water partition coefficient (Wildman–Crippen LogP) is 1.49. The second-order valence-corrected chi connectivity index (χ2v) is 2.73. The molecule has 0 amide bonds. The fraction of sp³-hybridized carbons (Fsp3) is 0.222. The Balaban J connectivity index is 3.36. The number of phenols is 1. The van der Waals surface area contributed by atoms with Gasteiger partial charge in [-0.25, -0.2) is 0 Å². The quantitative estimate of drug-likeness (QED) is 0.376. The van der Waals surface area contributed by atoms with Gasteiger partial charge in [0.1, 0.15) is 5.75 Å². The summed E-state index contributed by atoms with van der Waals surface area (Å²) in [5, 5.41) is 9.36. The number of anilines is 1. The number of carbonyl (C=O) groups is 1. The van der Waals surface area contributed by atoms with Crippen molar-refractivity contribution < 1.29 is 9.90 Å². The molecule has 12 heavy (non-hydrogen) atoms. The maximum absolute atomic E-state index is 11.0. The van der Waals surface area contributed by atoms with Crippen LogP contribution in [0.25, 0.3) is 0 Å². The molecule has 0 spiro atoms. The molecule has 0 heterocycles. The van der Waals surface area contributed by atoms with E-state index in [2.05, 4.69) is 0 Å². The highest BCUT2D eigenvalue weighted by Crippen LogP contribution is 2.27. The number of nitrogen functional groups attached to an aromatic ring is 1. The normalized spacial score (nSPS) is 9.83. The Morgan fingerprint density at radius 2 is 2.08 bits per heavy atom. The minimum Gasteiger partial charge on any atom is -0.505 e. The predicted molar refractivity (Wildman–Crippen MR) is 47.3 cm³/mol. The fourth-order valence-corrected chi connectivity index (χ4v) is 1.10. The first kappa shape index (κ1) is 8.59. The van der Waals surface area contributed by atoms with Gasteiger partial charge in [0.2, 0.25) is 0 Å². The van der Waals surface area contributed by atoms with E-state index >= 15 is 0 Å². The van der Waals surface area contributed by atoms with Crippen molar-refractivity contribution in [2.75, 3.05) is 5.73 Å². The van der Waals surface area contributed by atoms with Gasteiger partial charge in [0.05, 0.1) is 5.69 Å². The molecule has 0 saturated carbocycles. The lowest BCUT2D eigenvalue weighted by Gasteiger charge is -2.06. The van der Waals surface area contributed by atoms with Crippen molar-refractivity contribution in [3.8, 4) is 5.75 Å².